The number of rotatable bonds is 9. The molecule has 0 radical (unpaired) electrons. The monoisotopic (exact) mass is 474 g/mol. The van der Waals surface area contributed by atoms with E-state index in [0.717, 1.165) is 5.56 Å². The molecule has 168 valence electrons. The Morgan fingerprint density at radius 2 is 1.91 bits per heavy atom. The number of anilines is 1. The van der Waals surface area contributed by atoms with Crippen molar-refractivity contribution >= 4 is 40.9 Å². The Bertz CT molecular complexity index is 1100. The summed E-state index contributed by atoms with van der Waals surface area (Å²) < 4.78 is 12.5. The lowest BCUT2D eigenvalue weighted by molar-refractivity contribution is -0.113. The fourth-order valence-corrected chi connectivity index (χ4v) is 3.59. The molecule has 0 atom stereocenters. The SMILES string of the molecule is CCOC(=O)c1ccc(NC(=O)CSc2nnc(COc3cc(C)ccc3Cl)n2C)cc1. The van der Waals surface area contributed by atoms with E-state index in [9.17, 15) is 9.59 Å². The maximum atomic E-state index is 12.3. The Balaban J connectivity index is 1.51. The van der Waals surface area contributed by atoms with Gasteiger partial charge in [0.25, 0.3) is 0 Å². The van der Waals surface area contributed by atoms with Gasteiger partial charge in [-0.15, -0.1) is 10.2 Å². The van der Waals surface area contributed by atoms with E-state index in [1.807, 2.05) is 26.1 Å². The number of benzene rings is 2. The maximum Gasteiger partial charge on any atom is 0.338 e. The van der Waals surface area contributed by atoms with Crippen molar-refractivity contribution in [2.24, 2.45) is 7.05 Å². The van der Waals surface area contributed by atoms with E-state index in [4.69, 9.17) is 21.1 Å². The number of aryl methyl sites for hydroxylation is 1. The molecule has 0 aliphatic rings. The van der Waals surface area contributed by atoms with Gasteiger partial charge in [-0.3, -0.25) is 4.79 Å². The number of hydrogen-bond acceptors (Lipinski definition) is 7. The number of carbonyl (C=O) groups is 2. The number of esters is 1. The van der Waals surface area contributed by atoms with E-state index < -0.39 is 5.97 Å². The third-order valence-corrected chi connectivity index (χ3v) is 5.71. The normalized spacial score (nSPS) is 10.6. The van der Waals surface area contributed by atoms with Crippen LogP contribution >= 0.6 is 23.4 Å². The largest absolute Gasteiger partial charge is 0.484 e. The summed E-state index contributed by atoms with van der Waals surface area (Å²) in [4.78, 5) is 24.0. The zero-order chi connectivity index (χ0) is 23.1. The lowest BCUT2D eigenvalue weighted by Crippen LogP contribution is -2.15. The topological polar surface area (TPSA) is 95.3 Å². The van der Waals surface area contributed by atoms with Crippen molar-refractivity contribution in [2.75, 3.05) is 17.7 Å². The Morgan fingerprint density at radius 1 is 1.16 bits per heavy atom. The third-order valence-electron chi connectivity index (χ3n) is 4.38. The van der Waals surface area contributed by atoms with Gasteiger partial charge in [0.1, 0.15) is 12.4 Å². The molecular formula is C22H23ClN4O4S. The molecule has 8 nitrogen and oxygen atoms in total. The van der Waals surface area contributed by atoms with E-state index >= 15 is 0 Å². The van der Waals surface area contributed by atoms with Crippen LogP contribution in [0.15, 0.2) is 47.6 Å². The lowest BCUT2D eigenvalue weighted by atomic mass is 10.2. The molecule has 10 heteroatoms. The van der Waals surface area contributed by atoms with E-state index in [0.29, 0.717) is 39.6 Å². The number of nitrogens with zero attached hydrogens (tertiary/aromatic N) is 3. The quantitative estimate of drug-likeness (QED) is 0.365. The van der Waals surface area contributed by atoms with Crippen molar-refractivity contribution in [1.82, 2.24) is 14.8 Å². The number of nitrogens with one attached hydrogen (secondary N) is 1. The van der Waals surface area contributed by atoms with Crippen LogP contribution in [0.25, 0.3) is 0 Å². The first kappa shape index (κ1) is 23.6. The summed E-state index contributed by atoms with van der Waals surface area (Å²) in [6.07, 6.45) is 0. The molecule has 0 saturated heterocycles. The number of ether oxygens (including phenoxy) is 2. The van der Waals surface area contributed by atoms with Gasteiger partial charge in [0, 0.05) is 12.7 Å². The van der Waals surface area contributed by atoms with Crippen molar-refractivity contribution in [3.8, 4) is 5.75 Å². The molecule has 0 bridgehead atoms. The van der Waals surface area contributed by atoms with Crippen LogP contribution < -0.4 is 10.1 Å². The number of amides is 1. The highest BCUT2D eigenvalue weighted by molar-refractivity contribution is 7.99. The van der Waals surface area contributed by atoms with Crippen molar-refractivity contribution in [1.29, 1.82) is 0 Å². The molecule has 1 heterocycles. The molecule has 0 aliphatic carbocycles. The van der Waals surface area contributed by atoms with Crippen LogP contribution in [-0.2, 0) is 23.2 Å². The number of thioether (sulfide) groups is 1. The maximum absolute atomic E-state index is 12.3. The van der Waals surface area contributed by atoms with Gasteiger partial charge in [0.15, 0.2) is 11.0 Å². The number of carbonyl (C=O) groups excluding carboxylic acids is 2. The molecule has 0 unspecified atom stereocenters. The number of halogens is 1. The Labute approximate surface area is 195 Å². The van der Waals surface area contributed by atoms with Gasteiger partial charge in [-0.05, 0) is 55.8 Å². The van der Waals surface area contributed by atoms with Crippen LogP contribution in [0.4, 0.5) is 5.69 Å². The number of hydrogen-bond donors (Lipinski definition) is 1. The van der Waals surface area contributed by atoms with Gasteiger partial charge >= 0.3 is 5.97 Å². The average Bonchev–Trinajstić information content (AvgIpc) is 3.13. The smallest absolute Gasteiger partial charge is 0.338 e. The predicted octanol–water partition coefficient (Wildman–Crippen LogP) is 4.26. The first-order valence-corrected chi connectivity index (χ1v) is 11.2. The fourth-order valence-electron chi connectivity index (χ4n) is 2.69. The highest BCUT2D eigenvalue weighted by Gasteiger charge is 2.13. The standard InChI is InChI=1S/C22H23ClN4O4S/c1-4-30-21(29)15-6-8-16(9-7-15)24-20(28)13-32-22-26-25-19(27(22)3)12-31-18-11-14(2)5-10-17(18)23/h5-11H,4,12-13H2,1-3H3,(H,24,28). The van der Waals surface area contributed by atoms with Gasteiger partial charge in [-0.2, -0.15) is 0 Å². The van der Waals surface area contributed by atoms with Crippen molar-refractivity contribution in [2.45, 2.75) is 25.6 Å². The molecule has 0 aliphatic heterocycles. The average molecular weight is 475 g/mol. The van der Waals surface area contributed by atoms with Gasteiger partial charge in [0.05, 0.1) is 22.9 Å². The van der Waals surface area contributed by atoms with Crippen molar-refractivity contribution < 1.29 is 19.1 Å². The number of aromatic nitrogens is 3. The summed E-state index contributed by atoms with van der Waals surface area (Å²) in [5, 5.41) is 12.2. The highest BCUT2D eigenvalue weighted by Crippen LogP contribution is 2.26. The Kier molecular flexibility index (Phi) is 8.13. The molecule has 1 amide bonds. The molecule has 0 spiro atoms. The second kappa shape index (κ2) is 11.0. The zero-order valence-electron chi connectivity index (χ0n) is 17.9. The molecule has 3 rings (SSSR count). The fraction of sp³-hybridized carbons (Fsp3) is 0.273. The van der Waals surface area contributed by atoms with Crippen molar-refractivity contribution in [3.63, 3.8) is 0 Å². The lowest BCUT2D eigenvalue weighted by Gasteiger charge is -2.09. The van der Waals surface area contributed by atoms with Gasteiger partial charge in [-0.25, -0.2) is 4.79 Å². The summed E-state index contributed by atoms with van der Waals surface area (Å²) >= 11 is 7.42. The summed E-state index contributed by atoms with van der Waals surface area (Å²) in [5.74, 6) is 0.743. The summed E-state index contributed by atoms with van der Waals surface area (Å²) in [5.41, 5.74) is 2.06. The van der Waals surface area contributed by atoms with Crippen LogP contribution in [-0.4, -0.2) is 39.0 Å². The van der Waals surface area contributed by atoms with Crippen LogP contribution in [0.2, 0.25) is 5.02 Å². The molecule has 2 aromatic carbocycles. The molecule has 32 heavy (non-hydrogen) atoms. The third kappa shape index (κ3) is 6.24. The van der Waals surface area contributed by atoms with Crippen LogP contribution in [0, 0.1) is 6.92 Å². The molecular weight excluding hydrogens is 452 g/mol. The second-order valence-electron chi connectivity index (χ2n) is 6.82. The van der Waals surface area contributed by atoms with Crippen LogP contribution in [0.1, 0.15) is 28.7 Å². The second-order valence-corrected chi connectivity index (χ2v) is 8.16. The van der Waals surface area contributed by atoms with E-state index in [1.165, 1.54) is 11.8 Å². The van der Waals surface area contributed by atoms with Crippen LogP contribution in [0.5, 0.6) is 5.75 Å². The minimum absolute atomic E-state index is 0.149. The predicted molar refractivity (Wildman–Crippen MR) is 123 cm³/mol. The Hall–Kier alpha value is -3.04. The van der Waals surface area contributed by atoms with E-state index in [-0.39, 0.29) is 18.3 Å². The molecule has 1 aromatic heterocycles. The Morgan fingerprint density at radius 3 is 2.62 bits per heavy atom. The van der Waals surface area contributed by atoms with Gasteiger partial charge in [-0.1, -0.05) is 29.4 Å². The van der Waals surface area contributed by atoms with Crippen molar-refractivity contribution in [3.05, 3.63) is 64.4 Å². The molecule has 0 fully saturated rings. The summed E-state index contributed by atoms with van der Waals surface area (Å²) in [6, 6.07) is 12.1. The first-order valence-electron chi connectivity index (χ1n) is 9.84. The first-order chi connectivity index (χ1) is 15.4. The van der Waals surface area contributed by atoms with Gasteiger partial charge in [0.2, 0.25) is 5.91 Å². The minimum Gasteiger partial charge on any atom is -0.484 e. The molecule has 0 saturated carbocycles. The van der Waals surface area contributed by atoms with E-state index in [1.54, 1.807) is 41.8 Å². The molecule has 1 N–H and O–H groups in total. The highest BCUT2D eigenvalue weighted by atomic mass is 35.5. The zero-order valence-corrected chi connectivity index (χ0v) is 19.5. The van der Waals surface area contributed by atoms with Gasteiger partial charge < -0.3 is 19.4 Å². The van der Waals surface area contributed by atoms with Crippen LogP contribution in [0.3, 0.4) is 0 Å². The minimum atomic E-state index is -0.396. The summed E-state index contributed by atoms with van der Waals surface area (Å²) in [7, 11) is 1.81. The van der Waals surface area contributed by atoms with E-state index in [2.05, 4.69) is 15.5 Å². The molecule has 3 aromatic rings. The summed E-state index contributed by atoms with van der Waals surface area (Å²) in [6.45, 7) is 4.22.